The van der Waals surface area contributed by atoms with E-state index in [2.05, 4.69) is 10.7 Å². The third-order valence-electron chi connectivity index (χ3n) is 4.52. The number of aliphatic hydroxyl groups excluding tert-OH is 2. The lowest BCUT2D eigenvalue weighted by Gasteiger charge is -2.35. The molecule has 1 aliphatic carbocycles. The van der Waals surface area contributed by atoms with Crippen molar-refractivity contribution in [3.63, 3.8) is 0 Å². The second-order valence-electron chi connectivity index (χ2n) is 6.16. The van der Waals surface area contributed by atoms with Crippen LogP contribution in [0.5, 0.6) is 5.75 Å². The number of urea groups is 1. The number of fused-ring (bicyclic) bond motifs is 2. The summed E-state index contributed by atoms with van der Waals surface area (Å²) in [7, 11) is 0. The monoisotopic (exact) mass is 336 g/mol. The predicted molar refractivity (Wildman–Crippen MR) is 82.5 cm³/mol. The molecule has 24 heavy (non-hydrogen) atoms. The van der Waals surface area contributed by atoms with Crippen LogP contribution in [0.3, 0.4) is 0 Å². The number of nitrogens with zero attached hydrogens (tertiary/aromatic N) is 1. The maximum Gasteiger partial charge on any atom is 0.312 e. The van der Waals surface area contributed by atoms with E-state index in [1.54, 1.807) is 12.1 Å². The molecule has 9 nitrogen and oxygen atoms in total. The number of aliphatic hydroxyl groups is 2. The SMILES string of the molecule is NC(=O)N[C@@H](Cc1ccc(O)cc1)C(=O)N1N[C@@H]2C[C@H]1[C@@H](O)[C@H]2O. The standard InChI is InChI=1S/C15H20N4O5/c16-15(24)17-10(5-7-1-3-8(20)4-2-7)14(23)19-11-6-9(18-19)12(21)13(11)22/h1-4,9-13,18,20-22H,5-6H2,(H3,16,17,24)/t9-,10+,11+,12+,13-/m1/s1. The third-order valence-corrected chi connectivity index (χ3v) is 4.52. The van der Waals surface area contributed by atoms with Gasteiger partial charge in [0.25, 0.3) is 5.91 Å². The van der Waals surface area contributed by atoms with Crippen LogP contribution in [-0.2, 0) is 11.2 Å². The highest BCUT2D eigenvalue weighted by Gasteiger charge is 2.53. The van der Waals surface area contributed by atoms with E-state index in [9.17, 15) is 24.9 Å². The summed E-state index contributed by atoms with van der Waals surface area (Å²) in [5, 5.41) is 32.7. The molecule has 0 radical (unpaired) electrons. The lowest BCUT2D eigenvalue weighted by molar-refractivity contribution is -0.146. The summed E-state index contributed by atoms with van der Waals surface area (Å²) in [5.41, 5.74) is 8.75. The summed E-state index contributed by atoms with van der Waals surface area (Å²) in [6.45, 7) is 0. The fraction of sp³-hybridized carbons (Fsp3) is 0.467. The van der Waals surface area contributed by atoms with Gasteiger partial charge in [-0.2, -0.15) is 0 Å². The van der Waals surface area contributed by atoms with Crippen molar-refractivity contribution in [2.24, 2.45) is 5.73 Å². The van der Waals surface area contributed by atoms with E-state index in [1.807, 2.05) is 0 Å². The van der Waals surface area contributed by atoms with Crippen LogP contribution >= 0.6 is 0 Å². The van der Waals surface area contributed by atoms with E-state index in [0.29, 0.717) is 6.42 Å². The topological polar surface area (TPSA) is 148 Å². The number of phenolic OH excluding ortho intramolecular Hbond substituents is 1. The molecule has 130 valence electrons. The fourth-order valence-corrected chi connectivity index (χ4v) is 3.30. The van der Waals surface area contributed by atoms with Crippen LogP contribution in [0, 0.1) is 0 Å². The summed E-state index contributed by atoms with van der Waals surface area (Å²) >= 11 is 0. The Hall–Kier alpha value is -2.36. The first-order valence-corrected chi connectivity index (χ1v) is 7.66. The molecular weight excluding hydrogens is 316 g/mol. The van der Waals surface area contributed by atoms with Gasteiger partial charge >= 0.3 is 6.03 Å². The van der Waals surface area contributed by atoms with Crippen molar-refractivity contribution in [2.45, 2.75) is 43.2 Å². The van der Waals surface area contributed by atoms with Gasteiger partial charge in [0.15, 0.2) is 0 Å². The summed E-state index contributed by atoms with van der Waals surface area (Å²) in [5.74, 6) is -0.347. The van der Waals surface area contributed by atoms with Crippen LogP contribution in [0.15, 0.2) is 24.3 Å². The number of amides is 3. The van der Waals surface area contributed by atoms with Crippen LogP contribution in [-0.4, -0.2) is 62.6 Å². The fourth-order valence-electron chi connectivity index (χ4n) is 3.30. The zero-order valence-electron chi connectivity index (χ0n) is 12.8. The molecule has 7 N–H and O–H groups in total. The maximum atomic E-state index is 12.7. The van der Waals surface area contributed by atoms with E-state index in [1.165, 1.54) is 17.1 Å². The van der Waals surface area contributed by atoms with Gasteiger partial charge in [-0.15, -0.1) is 0 Å². The number of carbonyl (C=O) groups excluding carboxylic acids is 2. The zero-order valence-corrected chi connectivity index (χ0v) is 12.8. The number of rotatable bonds is 4. The number of nitrogens with one attached hydrogen (secondary N) is 2. The van der Waals surface area contributed by atoms with Crippen LogP contribution in [0.1, 0.15) is 12.0 Å². The van der Waals surface area contributed by atoms with E-state index >= 15 is 0 Å². The average molecular weight is 336 g/mol. The van der Waals surface area contributed by atoms with Crippen LogP contribution in [0.2, 0.25) is 0 Å². The Labute approximate surface area is 138 Å². The van der Waals surface area contributed by atoms with Crippen molar-refractivity contribution >= 4 is 11.9 Å². The Morgan fingerprint density at radius 1 is 1.29 bits per heavy atom. The molecule has 3 rings (SSSR count). The first kappa shape index (κ1) is 16.5. The Bertz CT molecular complexity index is 635. The van der Waals surface area contributed by atoms with Crippen molar-refractivity contribution in [3.05, 3.63) is 29.8 Å². The van der Waals surface area contributed by atoms with E-state index in [4.69, 9.17) is 5.73 Å². The molecule has 1 aromatic rings. The van der Waals surface area contributed by atoms with Crippen molar-refractivity contribution in [2.75, 3.05) is 0 Å². The summed E-state index contributed by atoms with van der Waals surface area (Å²) < 4.78 is 0. The van der Waals surface area contributed by atoms with Gasteiger partial charge in [-0.25, -0.2) is 10.2 Å². The van der Waals surface area contributed by atoms with Gasteiger partial charge in [0.1, 0.15) is 17.9 Å². The lowest BCUT2D eigenvalue weighted by Crippen LogP contribution is -2.63. The number of carbonyl (C=O) groups is 2. The molecule has 0 spiro atoms. The van der Waals surface area contributed by atoms with Gasteiger partial charge in [0.05, 0.1) is 18.2 Å². The zero-order chi connectivity index (χ0) is 17.4. The highest BCUT2D eigenvalue weighted by molar-refractivity contribution is 5.87. The normalized spacial score (nSPS) is 29.5. The molecule has 0 aromatic heterocycles. The quantitative estimate of drug-likeness (QED) is 0.381. The van der Waals surface area contributed by atoms with Gasteiger partial charge in [-0.05, 0) is 24.1 Å². The number of nitrogens with two attached hydrogens (primary N) is 1. The van der Waals surface area contributed by atoms with E-state index in [0.717, 1.165) is 5.56 Å². The minimum absolute atomic E-state index is 0.0973. The van der Waals surface area contributed by atoms with Gasteiger partial charge in [-0.1, -0.05) is 12.1 Å². The second kappa shape index (κ2) is 6.27. The summed E-state index contributed by atoms with van der Waals surface area (Å²) in [6.07, 6.45) is -1.32. The van der Waals surface area contributed by atoms with Gasteiger partial charge in [0.2, 0.25) is 0 Å². The molecule has 0 unspecified atom stereocenters. The Kier molecular flexibility index (Phi) is 4.31. The van der Waals surface area contributed by atoms with Gasteiger partial charge in [0, 0.05) is 6.42 Å². The number of hydrogen-bond acceptors (Lipinski definition) is 6. The molecule has 2 fully saturated rings. The van der Waals surface area contributed by atoms with Gasteiger partial charge < -0.3 is 26.4 Å². The number of hydrazine groups is 1. The van der Waals surface area contributed by atoms with Crippen molar-refractivity contribution in [1.29, 1.82) is 0 Å². The molecule has 1 heterocycles. The second-order valence-corrected chi connectivity index (χ2v) is 6.16. The highest BCUT2D eigenvalue weighted by Crippen LogP contribution is 2.31. The molecule has 1 aliphatic heterocycles. The maximum absolute atomic E-state index is 12.7. The Morgan fingerprint density at radius 2 is 1.96 bits per heavy atom. The average Bonchev–Trinajstić information content (AvgIpc) is 3.08. The molecule has 2 aliphatic rings. The Morgan fingerprint density at radius 3 is 2.50 bits per heavy atom. The molecule has 2 bridgehead atoms. The number of primary amides is 1. The Balaban J connectivity index is 1.75. The molecular formula is C15H20N4O5. The van der Waals surface area contributed by atoms with Crippen LogP contribution in [0.4, 0.5) is 4.79 Å². The molecule has 1 aromatic carbocycles. The third kappa shape index (κ3) is 3.01. The number of aromatic hydroxyl groups is 1. The van der Waals surface area contributed by atoms with Crippen molar-refractivity contribution in [3.8, 4) is 5.75 Å². The molecule has 1 saturated carbocycles. The predicted octanol–water partition coefficient (Wildman–Crippen LogP) is -1.82. The van der Waals surface area contributed by atoms with E-state index in [-0.39, 0.29) is 12.2 Å². The molecule has 3 amide bonds. The first-order valence-electron chi connectivity index (χ1n) is 7.66. The minimum atomic E-state index is -1.02. The molecule has 5 atom stereocenters. The molecule has 1 saturated heterocycles. The number of phenols is 1. The summed E-state index contributed by atoms with van der Waals surface area (Å²) in [4.78, 5) is 24.0. The van der Waals surface area contributed by atoms with Crippen molar-refractivity contribution in [1.82, 2.24) is 15.8 Å². The summed E-state index contributed by atoms with van der Waals surface area (Å²) in [6, 6.07) is 3.54. The van der Waals surface area contributed by atoms with Gasteiger partial charge in [-0.3, -0.25) is 9.80 Å². The van der Waals surface area contributed by atoms with Crippen LogP contribution in [0.25, 0.3) is 0 Å². The highest BCUT2D eigenvalue weighted by atomic mass is 16.3. The molecule has 9 heteroatoms. The number of benzene rings is 1. The lowest BCUT2D eigenvalue weighted by atomic mass is 10.0. The van der Waals surface area contributed by atoms with E-state index < -0.39 is 42.3 Å². The largest absolute Gasteiger partial charge is 0.508 e. The number of hydrogen-bond donors (Lipinski definition) is 6. The van der Waals surface area contributed by atoms with Crippen molar-refractivity contribution < 1.29 is 24.9 Å². The minimum Gasteiger partial charge on any atom is -0.508 e. The first-order chi connectivity index (χ1) is 11.4. The smallest absolute Gasteiger partial charge is 0.312 e. The van der Waals surface area contributed by atoms with Crippen LogP contribution < -0.4 is 16.5 Å².